The minimum atomic E-state index is -0.444. The molecule has 122 valence electrons. The van der Waals surface area contributed by atoms with Gasteiger partial charge in [-0.15, -0.1) is 0 Å². The Bertz CT molecular complexity index is 361. The second kappa shape index (κ2) is 7.10. The standard InChI is InChI=1S/C17H32N2O2/c1-5-9-18-17(16(20)21-6-2)8-7-15(11-17)19(4)12-14-10-13(14)3/h13-15,18H,5-12H2,1-4H3. The van der Waals surface area contributed by atoms with Crippen molar-refractivity contribution in [3.8, 4) is 0 Å². The van der Waals surface area contributed by atoms with Gasteiger partial charge in [-0.05, 0) is 64.5 Å². The molecule has 4 nitrogen and oxygen atoms in total. The van der Waals surface area contributed by atoms with Crippen LogP contribution in [0.4, 0.5) is 0 Å². The lowest BCUT2D eigenvalue weighted by Crippen LogP contribution is -2.52. The third-order valence-electron chi connectivity index (χ3n) is 5.29. The third-order valence-corrected chi connectivity index (χ3v) is 5.29. The van der Waals surface area contributed by atoms with Gasteiger partial charge in [0, 0.05) is 12.6 Å². The van der Waals surface area contributed by atoms with Crippen LogP contribution in [0.5, 0.6) is 0 Å². The number of hydrogen-bond acceptors (Lipinski definition) is 4. The number of esters is 1. The molecule has 1 N–H and O–H groups in total. The maximum Gasteiger partial charge on any atom is 0.326 e. The number of nitrogens with one attached hydrogen (secondary N) is 1. The summed E-state index contributed by atoms with van der Waals surface area (Å²) in [5.41, 5.74) is -0.444. The van der Waals surface area contributed by atoms with Gasteiger partial charge in [0.1, 0.15) is 5.54 Å². The van der Waals surface area contributed by atoms with Crippen molar-refractivity contribution in [2.24, 2.45) is 11.8 Å². The zero-order valence-corrected chi connectivity index (χ0v) is 14.2. The zero-order chi connectivity index (χ0) is 15.5. The molecule has 21 heavy (non-hydrogen) atoms. The normalized spacial score (nSPS) is 35.2. The van der Waals surface area contributed by atoms with E-state index in [2.05, 4.69) is 31.1 Å². The summed E-state index contributed by atoms with van der Waals surface area (Å²) in [6.45, 7) is 8.89. The molecular formula is C17H32N2O2. The van der Waals surface area contributed by atoms with Crippen LogP contribution >= 0.6 is 0 Å². The first-order valence-electron chi connectivity index (χ1n) is 8.65. The topological polar surface area (TPSA) is 41.6 Å². The molecule has 2 fully saturated rings. The Hall–Kier alpha value is -0.610. The molecule has 2 aliphatic rings. The molecule has 0 saturated heterocycles. The Balaban J connectivity index is 1.94. The van der Waals surface area contributed by atoms with Gasteiger partial charge in [0.25, 0.3) is 0 Å². The fourth-order valence-corrected chi connectivity index (χ4v) is 3.62. The SMILES string of the molecule is CCCNC1(C(=O)OCC)CCC(N(C)CC2CC2C)C1. The summed E-state index contributed by atoms with van der Waals surface area (Å²) in [5, 5.41) is 3.49. The maximum atomic E-state index is 12.4. The smallest absolute Gasteiger partial charge is 0.326 e. The second-order valence-electron chi connectivity index (χ2n) is 7.04. The van der Waals surface area contributed by atoms with E-state index < -0.39 is 5.54 Å². The van der Waals surface area contributed by atoms with Crippen molar-refractivity contribution in [2.75, 3.05) is 26.7 Å². The predicted molar refractivity (Wildman–Crippen MR) is 85.2 cm³/mol. The van der Waals surface area contributed by atoms with E-state index in [0.717, 1.165) is 44.1 Å². The summed E-state index contributed by atoms with van der Waals surface area (Å²) in [6.07, 6.45) is 5.30. The number of carbonyl (C=O) groups excluding carboxylic acids is 1. The molecule has 0 heterocycles. The highest BCUT2D eigenvalue weighted by molar-refractivity contribution is 5.81. The predicted octanol–water partition coefficient (Wildman–Crippen LogP) is 2.43. The number of carbonyl (C=O) groups is 1. The van der Waals surface area contributed by atoms with E-state index in [9.17, 15) is 4.79 Å². The number of ether oxygens (including phenoxy) is 1. The van der Waals surface area contributed by atoms with Gasteiger partial charge in [0.05, 0.1) is 6.61 Å². The number of nitrogens with zero attached hydrogens (tertiary/aromatic N) is 1. The van der Waals surface area contributed by atoms with Gasteiger partial charge in [0.2, 0.25) is 0 Å². The van der Waals surface area contributed by atoms with Crippen molar-refractivity contribution in [3.05, 3.63) is 0 Å². The Morgan fingerprint density at radius 3 is 2.71 bits per heavy atom. The van der Waals surface area contributed by atoms with Gasteiger partial charge in [-0.2, -0.15) is 0 Å². The van der Waals surface area contributed by atoms with Crippen LogP contribution in [0.3, 0.4) is 0 Å². The van der Waals surface area contributed by atoms with Crippen molar-refractivity contribution in [1.29, 1.82) is 0 Å². The van der Waals surface area contributed by atoms with Crippen LogP contribution in [-0.4, -0.2) is 49.2 Å². The molecule has 0 radical (unpaired) electrons. The zero-order valence-electron chi connectivity index (χ0n) is 14.2. The summed E-state index contributed by atoms with van der Waals surface area (Å²) in [6, 6.07) is 0.506. The molecule has 0 bridgehead atoms. The van der Waals surface area contributed by atoms with Gasteiger partial charge in [0.15, 0.2) is 0 Å². The van der Waals surface area contributed by atoms with E-state index in [1.54, 1.807) is 0 Å². The van der Waals surface area contributed by atoms with E-state index in [4.69, 9.17) is 4.74 Å². The minimum Gasteiger partial charge on any atom is -0.465 e. The molecule has 0 aromatic carbocycles. The number of hydrogen-bond donors (Lipinski definition) is 1. The maximum absolute atomic E-state index is 12.4. The molecule has 4 atom stereocenters. The summed E-state index contributed by atoms with van der Waals surface area (Å²) >= 11 is 0. The molecule has 0 amide bonds. The van der Waals surface area contributed by atoms with Crippen molar-refractivity contribution in [1.82, 2.24) is 10.2 Å². The summed E-state index contributed by atoms with van der Waals surface area (Å²) in [7, 11) is 2.22. The van der Waals surface area contributed by atoms with E-state index in [-0.39, 0.29) is 5.97 Å². The Morgan fingerprint density at radius 2 is 2.14 bits per heavy atom. The lowest BCUT2D eigenvalue weighted by atomic mass is 9.96. The molecular weight excluding hydrogens is 264 g/mol. The van der Waals surface area contributed by atoms with Gasteiger partial charge < -0.3 is 15.0 Å². The molecule has 0 aromatic heterocycles. The van der Waals surface area contributed by atoms with Crippen molar-refractivity contribution in [2.45, 2.75) is 64.5 Å². The van der Waals surface area contributed by atoms with Crippen LogP contribution in [0.2, 0.25) is 0 Å². The monoisotopic (exact) mass is 296 g/mol. The van der Waals surface area contributed by atoms with Gasteiger partial charge in [-0.1, -0.05) is 13.8 Å². The number of rotatable bonds is 8. The summed E-state index contributed by atoms with van der Waals surface area (Å²) in [4.78, 5) is 14.9. The molecule has 4 heteroatoms. The fraction of sp³-hybridized carbons (Fsp3) is 0.941. The van der Waals surface area contributed by atoms with E-state index >= 15 is 0 Å². The quantitative estimate of drug-likeness (QED) is 0.699. The van der Waals surface area contributed by atoms with Crippen LogP contribution in [0.15, 0.2) is 0 Å². The van der Waals surface area contributed by atoms with Gasteiger partial charge in [-0.25, -0.2) is 0 Å². The molecule has 2 saturated carbocycles. The summed E-state index contributed by atoms with van der Waals surface area (Å²) in [5.74, 6) is 1.72. The second-order valence-corrected chi connectivity index (χ2v) is 7.04. The highest BCUT2D eigenvalue weighted by Gasteiger charge is 2.47. The lowest BCUT2D eigenvalue weighted by molar-refractivity contribution is -0.151. The molecule has 4 unspecified atom stereocenters. The van der Waals surface area contributed by atoms with Gasteiger partial charge >= 0.3 is 5.97 Å². The highest BCUT2D eigenvalue weighted by atomic mass is 16.5. The molecule has 0 aliphatic heterocycles. The van der Waals surface area contributed by atoms with Crippen LogP contribution < -0.4 is 5.32 Å². The Morgan fingerprint density at radius 1 is 1.43 bits per heavy atom. The van der Waals surface area contributed by atoms with Crippen LogP contribution in [0.25, 0.3) is 0 Å². The van der Waals surface area contributed by atoms with Gasteiger partial charge in [-0.3, -0.25) is 4.79 Å². The van der Waals surface area contributed by atoms with E-state index in [0.29, 0.717) is 12.6 Å². The molecule has 0 aromatic rings. The van der Waals surface area contributed by atoms with Crippen molar-refractivity contribution >= 4 is 5.97 Å². The third kappa shape index (κ3) is 3.98. The minimum absolute atomic E-state index is 0.0471. The van der Waals surface area contributed by atoms with Crippen LogP contribution in [-0.2, 0) is 9.53 Å². The molecule has 2 aliphatic carbocycles. The van der Waals surface area contributed by atoms with E-state index in [1.807, 2.05) is 6.92 Å². The first kappa shape index (κ1) is 16.8. The summed E-state index contributed by atoms with van der Waals surface area (Å²) < 4.78 is 5.34. The van der Waals surface area contributed by atoms with Crippen LogP contribution in [0.1, 0.15) is 52.9 Å². The molecule has 2 rings (SSSR count). The van der Waals surface area contributed by atoms with Crippen molar-refractivity contribution in [3.63, 3.8) is 0 Å². The Labute approximate surface area is 129 Å². The highest BCUT2D eigenvalue weighted by Crippen LogP contribution is 2.40. The average molecular weight is 296 g/mol. The first-order chi connectivity index (χ1) is 10.0. The van der Waals surface area contributed by atoms with Crippen molar-refractivity contribution < 1.29 is 9.53 Å². The largest absolute Gasteiger partial charge is 0.465 e. The fourth-order valence-electron chi connectivity index (χ4n) is 3.62. The van der Waals surface area contributed by atoms with Crippen LogP contribution in [0, 0.1) is 11.8 Å². The van der Waals surface area contributed by atoms with E-state index in [1.165, 1.54) is 13.0 Å². The molecule has 0 spiro atoms. The Kier molecular flexibility index (Phi) is 5.67. The lowest BCUT2D eigenvalue weighted by Gasteiger charge is -2.30. The average Bonchev–Trinajstić information content (AvgIpc) is 2.99. The first-order valence-corrected chi connectivity index (χ1v) is 8.65.